The van der Waals surface area contributed by atoms with Crippen LogP contribution >= 0.6 is 0 Å². The number of likely N-dealkylation sites (tertiary alicyclic amines) is 1. The lowest BCUT2D eigenvalue weighted by atomic mass is 10.1. The quantitative estimate of drug-likeness (QED) is 0.477. The Kier molecular flexibility index (Phi) is 7.03. The van der Waals surface area contributed by atoms with Crippen molar-refractivity contribution in [2.24, 2.45) is 10.7 Å². The number of methoxy groups -OCH3 is 1. The number of aliphatic imine (C=N–C) groups is 1. The molecule has 1 aliphatic rings. The van der Waals surface area contributed by atoms with Crippen molar-refractivity contribution in [1.29, 1.82) is 0 Å². The molecule has 122 valence electrons. The molecule has 0 atom stereocenters. The Bertz CT molecular complexity index is 471. The van der Waals surface area contributed by atoms with E-state index in [4.69, 9.17) is 15.2 Å². The number of piperidine rings is 1. The maximum Gasteiger partial charge on any atom is 0.191 e. The van der Waals surface area contributed by atoms with E-state index in [9.17, 15) is 0 Å². The molecule has 0 unspecified atom stereocenters. The molecule has 1 fully saturated rings. The molecule has 0 bridgehead atoms. The molecule has 1 aromatic carbocycles. The number of nitrogens with zero attached hydrogens (tertiary/aromatic N) is 2. The fourth-order valence-electron chi connectivity index (χ4n) is 2.52. The molecule has 22 heavy (non-hydrogen) atoms. The Hall–Kier alpha value is -1.75. The lowest BCUT2D eigenvalue weighted by Gasteiger charge is -2.27. The van der Waals surface area contributed by atoms with Gasteiger partial charge in [-0.15, -0.1) is 0 Å². The van der Waals surface area contributed by atoms with Crippen molar-refractivity contribution in [3.05, 3.63) is 29.8 Å². The van der Waals surface area contributed by atoms with Crippen molar-refractivity contribution >= 4 is 5.96 Å². The highest BCUT2D eigenvalue weighted by Gasteiger charge is 2.11. The Morgan fingerprint density at radius 2 is 2.05 bits per heavy atom. The van der Waals surface area contributed by atoms with Crippen molar-refractivity contribution in [2.75, 3.05) is 33.4 Å². The SMILES string of the molecule is COCCCOc1cccc(CN=C(N)N2CCCCC2)c1. The third kappa shape index (κ3) is 5.56. The van der Waals surface area contributed by atoms with E-state index >= 15 is 0 Å². The zero-order valence-electron chi connectivity index (χ0n) is 13.5. The summed E-state index contributed by atoms with van der Waals surface area (Å²) >= 11 is 0. The second kappa shape index (κ2) is 9.30. The minimum Gasteiger partial charge on any atom is -0.493 e. The first kappa shape index (κ1) is 16.6. The van der Waals surface area contributed by atoms with Crippen LogP contribution in [0.25, 0.3) is 0 Å². The first-order chi connectivity index (χ1) is 10.8. The van der Waals surface area contributed by atoms with Crippen molar-refractivity contribution in [1.82, 2.24) is 4.90 Å². The van der Waals surface area contributed by atoms with Gasteiger partial charge in [0.05, 0.1) is 13.2 Å². The van der Waals surface area contributed by atoms with Crippen molar-refractivity contribution < 1.29 is 9.47 Å². The Labute approximate surface area is 133 Å². The number of ether oxygens (including phenoxy) is 2. The van der Waals surface area contributed by atoms with Crippen LogP contribution in [0.3, 0.4) is 0 Å². The summed E-state index contributed by atoms with van der Waals surface area (Å²) in [6.45, 7) is 4.03. The van der Waals surface area contributed by atoms with E-state index in [-0.39, 0.29) is 0 Å². The van der Waals surface area contributed by atoms with Crippen LogP contribution < -0.4 is 10.5 Å². The van der Waals surface area contributed by atoms with Gasteiger partial charge in [-0.3, -0.25) is 0 Å². The van der Waals surface area contributed by atoms with Crippen LogP contribution in [0, 0.1) is 0 Å². The van der Waals surface area contributed by atoms with E-state index in [1.54, 1.807) is 7.11 Å². The highest BCUT2D eigenvalue weighted by molar-refractivity contribution is 5.78. The van der Waals surface area contributed by atoms with Gasteiger partial charge in [0.15, 0.2) is 5.96 Å². The highest BCUT2D eigenvalue weighted by Crippen LogP contribution is 2.15. The number of benzene rings is 1. The highest BCUT2D eigenvalue weighted by atomic mass is 16.5. The molecule has 1 heterocycles. The van der Waals surface area contributed by atoms with Crippen LogP contribution in [0.4, 0.5) is 0 Å². The first-order valence-electron chi connectivity index (χ1n) is 8.05. The molecule has 5 heteroatoms. The Morgan fingerprint density at radius 1 is 1.23 bits per heavy atom. The summed E-state index contributed by atoms with van der Waals surface area (Å²) in [4.78, 5) is 6.69. The third-order valence-electron chi connectivity index (χ3n) is 3.76. The summed E-state index contributed by atoms with van der Waals surface area (Å²) in [7, 11) is 1.70. The molecule has 0 amide bonds. The average molecular weight is 305 g/mol. The van der Waals surface area contributed by atoms with Gasteiger partial charge in [-0.1, -0.05) is 12.1 Å². The molecule has 1 aromatic rings. The molecule has 0 aliphatic carbocycles. The second-order valence-corrected chi connectivity index (χ2v) is 5.56. The van der Waals surface area contributed by atoms with Crippen molar-refractivity contribution in [2.45, 2.75) is 32.2 Å². The van der Waals surface area contributed by atoms with E-state index < -0.39 is 0 Å². The van der Waals surface area contributed by atoms with Crippen molar-refractivity contribution in [3.63, 3.8) is 0 Å². The summed E-state index contributed by atoms with van der Waals surface area (Å²) in [5.41, 5.74) is 7.19. The van der Waals surface area contributed by atoms with Gasteiger partial charge in [-0.25, -0.2) is 4.99 Å². The molecule has 0 radical (unpaired) electrons. The summed E-state index contributed by atoms with van der Waals surface area (Å²) in [6, 6.07) is 8.04. The third-order valence-corrected chi connectivity index (χ3v) is 3.76. The van der Waals surface area contributed by atoms with Crippen LogP contribution in [-0.2, 0) is 11.3 Å². The number of guanidine groups is 1. The first-order valence-corrected chi connectivity index (χ1v) is 8.05. The second-order valence-electron chi connectivity index (χ2n) is 5.56. The van der Waals surface area contributed by atoms with E-state index in [1.165, 1.54) is 19.3 Å². The number of rotatable bonds is 7. The van der Waals surface area contributed by atoms with Crippen LogP contribution in [0.5, 0.6) is 5.75 Å². The fraction of sp³-hybridized carbons (Fsp3) is 0.588. The normalized spacial score (nSPS) is 15.9. The van der Waals surface area contributed by atoms with Gasteiger partial charge in [0.1, 0.15) is 5.75 Å². The molecule has 5 nitrogen and oxygen atoms in total. The summed E-state index contributed by atoms with van der Waals surface area (Å²) in [6.07, 6.45) is 4.61. The summed E-state index contributed by atoms with van der Waals surface area (Å²) < 4.78 is 10.7. The van der Waals surface area contributed by atoms with Crippen molar-refractivity contribution in [3.8, 4) is 5.75 Å². The van der Waals surface area contributed by atoms with Crippen LogP contribution in [-0.4, -0.2) is 44.3 Å². The molecular weight excluding hydrogens is 278 g/mol. The van der Waals surface area contributed by atoms with Gasteiger partial charge < -0.3 is 20.1 Å². The average Bonchev–Trinajstić information content (AvgIpc) is 2.58. The van der Waals surface area contributed by atoms with Gasteiger partial charge >= 0.3 is 0 Å². The predicted octanol–water partition coefficient (Wildman–Crippen LogP) is 2.40. The smallest absolute Gasteiger partial charge is 0.191 e. The van der Waals surface area contributed by atoms with E-state index in [0.717, 1.165) is 37.4 Å². The standard InChI is InChI=1S/C17H27N3O2/c1-21-11-6-12-22-16-8-5-7-15(13-16)14-19-17(18)20-9-3-2-4-10-20/h5,7-8,13H,2-4,6,9-12,14H2,1H3,(H2,18,19). The minimum atomic E-state index is 0.595. The molecule has 1 saturated heterocycles. The largest absolute Gasteiger partial charge is 0.493 e. The molecule has 0 spiro atoms. The molecule has 1 aliphatic heterocycles. The fourth-order valence-corrected chi connectivity index (χ4v) is 2.52. The molecule has 2 N–H and O–H groups in total. The Morgan fingerprint density at radius 3 is 2.82 bits per heavy atom. The van der Waals surface area contributed by atoms with Gasteiger partial charge in [0.2, 0.25) is 0 Å². The summed E-state index contributed by atoms with van der Waals surface area (Å²) in [5, 5.41) is 0. The van der Waals surface area contributed by atoms with Crippen LogP contribution in [0.2, 0.25) is 0 Å². The zero-order chi connectivity index (χ0) is 15.6. The number of hydrogen-bond donors (Lipinski definition) is 1. The predicted molar refractivity (Wildman–Crippen MR) is 89.2 cm³/mol. The van der Waals surface area contributed by atoms with Crippen LogP contribution in [0.15, 0.2) is 29.3 Å². The number of hydrogen-bond acceptors (Lipinski definition) is 3. The number of nitrogens with two attached hydrogens (primary N) is 1. The van der Waals surface area contributed by atoms with Gasteiger partial charge in [-0.05, 0) is 37.0 Å². The van der Waals surface area contributed by atoms with Gasteiger partial charge in [0.25, 0.3) is 0 Å². The minimum absolute atomic E-state index is 0.595. The molecular formula is C17H27N3O2. The lowest BCUT2D eigenvalue weighted by Crippen LogP contribution is -2.40. The van der Waals surface area contributed by atoms with Crippen LogP contribution in [0.1, 0.15) is 31.2 Å². The topological polar surface area (TPSA) is 60.1 Å². The van der Waals surface area contributed by atoms with Gasteiger partial charge in [-0.2, -0.15) is 0 Å². The maximum absolute atomic E-state index is 6.08. The van der Waals surface area contributed by atoms with E-state index in [0.29, 0.717) is 19.1 Å². The molecule has 0 saturated carbocycles. The van der Waals surface area contributed by atoms with E-state index in [2.05, 4.69) is 16.0 Å². The Balaban J connectivity index is 1.84. The van der Waals surface area contributed by atoms with E-state index in [1.807, 2.05) is 18.2 Å². The van der Waals surface area contributed by atoms with Gasteiger partial charge in [0, 0.05) is 33.2 Å². The lowest BCUT2D eigenvalue weighted by molar-refractivity contribution is 0.172. The monoisotopic (exact) mass is 305 g/mol. The summed E-state index contributed by atoms with van der Waals surface area (Å²) in [5.74, 6) is 1.53. The molecule has 0 aromatic heterocycles. The maximum atomic E-state index is 6.08. The zero-order valence-corrected chi connectivity index (χ0v) is 13.5. The molecule has 2 rings (SSSR count).